The van der Waals surface area contributed by atoms with Gasteiger partial charge in [-0.05, 0) is 6.07 Å². The van der Waals surface area contributed by atoms with E-state index in [0.717, 1.165) is 0 Å². The molecule has 2 aromatic rings. The second-order valence-electron chi connectivity index (χ2n) is 3.85. The molecule has 0 atom stereocenters. The van der Waals surface area contributed by atoms with Crippen molar-refractivity contribution in [2.45, 2.75) is 6.54 Å². The van der Waals surface area contributed by atoms with Gasteiger partial charge in [-0.3, -0.25) is 0 Å². The normalized spacial score (nSPS) is 10.2. The van der Waals surface area contributed by atoms with E-state index in [0.29, 0.717) is 17.1 Å². The van der Waals surface area contributed by atoms with E-state index in [-0.39, 0.29) is 12.2 Å². The maximum absolute atomic E-state index is 13.1. The molecule has 2 amide bonds. The van der Waals surface area contributed by atoms with Crippen LogP contribution in [0.4, 0.5) is 19.3 Å². The number of urea groups is 1. The third-order valence-electron chi connectivity index (χ3n) is 2.42. The molecule has 1 aromatic heterocycles. The molecule has 0 spiro atoms. The fourth-order valence-electron chi connectivity index (χ4n) is 1.49. The Hall–Kier alpha value is -2.55. The van der Waals surface area contributed by atoms with Crippen molar-refractivity contribution >= 4 is 29.0 Å². The molecule has 0 radical (unpaired) electrons. The Labute approximate surface area is 121 Å². The molecule has 0 aliphatic carbocycles. The van der Waals surface area contributed by atoms with Crippen molar-refractivity contribution in [1.29, 1.82) is 0 Å². The van der Waals surface area contributed by atoms with E-state index < -0.39 is 29.2 Å². The minimum absolute atomic E-state index is 0.135. The fourth-order valence-corrected chi connectivity index (χ4v) is 2.05. The van der Waals surface area contributed by atoms with Crippen molar-refractivity contribution in [3.63, 3.8) is 0 Å². The van der Waals surface area contributed by atoms with Crippen molar-refractivity contribution in [3.05, 3.63) is 45.9 Å². The number of benzene rings is 1. The van der Waals surface area contributed by atoms with Crippen LogP contribution in [0.5, 0.6) is 0 Å². The number of hydrogen-bond acceptors (Lipinski definition) is 4. The molecule has 0 saturated carbocycles. The van der Waals surface area contributed by atoms with Crippen molar-refractivity contribution < 1.29 is 23.5 Å². The zero-order valence-corrected chi connectivity index (χ0v) is 11.2. The number of carboxylic acids is 1. The van der Waals surface area contributed by atoms with Crippen LogP contribution in [0.15, 0.2) is 23.7 Å². The number of carbonyl (C=O) groups is 2. The lowest BCUT2D eigenvalue weighted by Gasteiger charge is -2.09. The summed E-state index contributed by atoms with van der Waals surface area (Å²) >= 11 is 1.33. The minimum Gasteiger partial charge on any atom is -0.478 e. The molecule has 1 aromatic carbocycles. The van der Waals surface area contributed by atoms with Gasteiger partial charge >= 0.3 is 12.0 Å². The number of rotatable bonds is 4. The van der Waals surface area contributed by atoms with E-state index in [1.165, 1.54) is 11.3 Å². The Balaban J connectivity index is 2.09. The second kappa shape index (κ2) is 6.27. The van der Waals surface area contributed by atoms with Gasteiger partial charge in [0.2, 0.25) is 0 Å². The lowest BCUT2D eigenvalue weighted by atomic mass is 10.1. The number of aromatic nitrogens is 1. The van der Waals surface area contributed by atoms with Crippen LogP contribution in [0.25, 0.3) is 0 Å². The SMILES string of the molecule is O=C(NCc1nccs1)Nc1cc(F)c(F)cc1C(=O)O. The summed E-state index contributed by atoms with van der Waals surface area (Å²) in [4.78, 5) is 26.5. The van der Waals surface area contributed by atoms with E-state index in [4.69, 9.17) is 5.11 Å². The number of carboxylic acid groups (broad SMARTS) is 1. The predicted octanol–water partition coefficient (Wildman–Crippen LogP) is 2.44. The molecule has 0 aliphatic rings. The average molecular weight is 313 g/mol. The zero-order chi connectivity index (χ0) is 15.4. The van der Waals surface area contributed by atoms with Gasteiger partial charge in [-0.15, -0.1) is 11.3 Å². The number of nitrogens with one attached hydrogen (secondary N) is 2. The number of hydrogen-bond donors (Lipinski definition) is 3. The highest BCUT2D eigenvalue weighted by Crippen LogP contribution is 2.20. The molecular weight excluding hydrogens is 304 g/mol. The molecule has 3 N–H and O–H groups in total. The molecule has 2 rings (SSSR count). The monoisotopic (exact) mass is 313 g/mol. The van der Waals surface area contributed by atoms with Gasteiger partial charge in [0.25, 0.3) is 0 Å². The van der Waals surface area contributed by atoms with Crippen molar-refractivity contribution in [2.75, 3.05) is 5.32 Å². The van der Waals surface area contributed by atoms with Crippen LogP contribution >= 0.6 is 11.3 Å². The molecule has 6 nitrogen and oxygen atoms in total. The number of amides is 2. The van der Waals surface area contributed by atoms with Gasteiger partial charge in [-0.25, -0.2) is 23.4 Å². The van der Waals surface area contributed by atoms with Gasteiger partial charge in [-0.2, -0.15) is 0 Å². The van der Waals surface area contributed by atoms with Gasteiger partial charge in [0.05, 0.1) is 17.8 Å². The topological polar surface area (TPSA) is 91.3 Å². The number of carbonyl (C=O) groups excluding carboxylic acids is 1. The Morgan fingerprint density at radius 2 is 2.00 bits per heavy atom. The first-order valence-electron chi connectivity index (χ1n) is 5.63. The third-order valence-corrected chi connectivity index (χ3v) is 3.20. The molecule has 1 heterocycles. The Morgan fingerprint density at radius 3 is 2.62 bits per heavy atom. The zero-order valence-electron chi connectivity index (χ0n) is 10.4. The second-order valence-corrected chi connectivity index (χ2v) is 4.83. The summed E-state index contributed by atoms with van der Waals surface area (Å²) in [6.07, 6.45) is 1.57. The highest BCUT2D eigenvalue weighted by molar-refractivity contribution is 7.09. The Bertz CT molecular complexity index is 677. The van der Waals surface area contributed by atoms with Crippen molar-refractivity contribution in [3.8, 4) is 0 Å². The van der Waals surface area contributed by atoms with Crippen molar-refractivity contribution in [1.82, 2.24) is 10.3 Å². The van der Waals surface area contributed by atoms with Gasteiger partial charge in [0.15, 0.2) is 11.6 Å². The van der Waals surface area contributed by atoms with Crippen LogP contribution in [0.1, 0.15) is 15.4 Å². The smallest absolute Gasteiger partial charge is 0.337 e. The highest BCUT2D eigenvalue weighted by Gasteiger charge is 2.17. The number of halogens is 2. The van der Waals surface area contributed by atoms with E-state index >= 15 is 0 Å². The molecule has 0 unspecified atom stereocenters. The van der Waals surface area contributed by atoms with Gasteiger partial charge < -0.3 is 15.7 Å². The van der Waals surface area contributed by atoms with Gasteiger partial charge in [0.1, 0.15) is 5.01 Å². The molecule has 110 valence electrons. The lowest BCUT2D eigenvalue weighted by Crippen LogP contribution is -2.29. The van der Waals surface area contributed by atoms with Gasteiger partial charge in [0, 0.05) is 17.6 Å². The first-order valence-corrected chi connectivity index (χ1v) is 6.51. The number of anilines is 1. The maximum atomic E-state index is 13.1. The highest BCUT2D eigenvalue weighted by atomic mass is 32.1. The van der Waals surface area contributed by atoms with Gasteiger partial charge in [-0.1, -0.05) is 0 Å². The third kappa shape index (κ3) is 3.72. The molecule has 21 heavy (non-hydrogen) atoms. The Morgan fingerprint density at radius 1 is 1.29 bits per heavy atom. The van der Waals surface area contributed by atoms with Crippen LogP contribution in [-0.4, -0.2) is 22.1 Å². The first-order chi connectivity index (χ1) is 9.97. The van der Waals surface area contributed by atoms with E-state index in [2.05, 4.69) is 15.6 Å². The average Bonchev–Trinajstić information content (AvgIpc) is 2.93. The van der Waals surface area contributed by atoms with Crippen LogP contribution < -0.4 is 10.6 Å². The predicted molar refractivity (Wildman–Crippen MR) is 71.3 cm³/mol. The van der Waals surface area contributed by atoms with E-state index in [1.807, 2.05) is 0 Å². The standard InChI is InChI=1S/C12H9F2N3O3S/c13-7-3-6(11(18)19)9(4-8(7)14)17-12(20)16-5-10-15-1-2-21-10/h1-4H,5H2,(H,18,19)(H2,16,17,20). The lowest BCUT2D eigenvalue weighted by molar-refractivity contribution is 0.0697. The molecule has 0 bridgehead atoms. The molecule has 0 aliphatic heterocycles. The molecule has 0 saturated heterocycles. The summed E-state index contributed by atoms with van der Waals surface area (Å²) in [5, 5.41) is 15.9. The van der Waals surface area contributed by atoms with Crippen LogP contribution in [-0.2, 0) is 6.54 Å². The fraction of sp³-hybridized carbons (Fsp3) is 0.0833. The number of thiazole rings is 1. The van der Waals surface area contributed by atoms with Crippen molar-refractivity contribution in [2.24, 2.45) is 0 Å². The minimum atomic E-state index is -1.48. The largest absolute Gasteiger partial charge is 0.478 e. The quantitative estimate of drug-likeness (QED) is 0.808. The number of nitrogens with zero attached hydrogens (tertiary/aromatic N) is 1. The number of aromatic carboxylic acids is 1. The van der Waals surface area contributed by atoms with E-state index in [9.17, 15) is 18.4 Å². The summed E-state index contributed by atoms with van der Waals surface area (Å²) in [5.74, 6) is -4.04. The Kier molecular flexibility index (Phi) is 4.43. The summed E-state index contributed by atoms with van der Waals surface area (Å²) in [6, 6.07) is 0.370. The molecule has 9 heteroatoms. The molecule has 0 fully saturated rings. The summed E-state index contributed by atoms with van der Waals surface area (Å²) < 4.78 is 26.2. The van der Waals surface area contributed by atoms with Crippen LogP contribution in [0.2, 0.25) is 0 Å². The van der Waals surface area contributed by atoms with Crippen LogP contribution in [0.3, 0.4) is 0 Å². The maximum Gasteiger partial charge on any atom is 0.337 e. The summed E-state index contributed by atoms with van der Waals surface area (Å²) in [5.41, 5.74) is -0.878. The molecular formula is C12H9F2N3O3S. The van der Waals surface area contributed by atoms with E-state index in [1.54, 1.807) is 11.6 Å². The summed E-state index contributed by atoms with van der Waals surface area (Å²) in [7, 11) is 0. The summed E-state index contributed by atoms with van der Waals surface area (Å²) in [6.45, 7) is 0.135. The van der Waals surface area contributed by atoms with Crippen LogP contribution in [0, 0.1) is 11.6 Å². The first kappa shape index (κ1) is 14.9.